The van der Waals surface area contributed by atoms with E-state index in [1.165, 1.54) is 23.1 Å². The van der Waals surface area contributed by atoms with E-state index in [-0.39, 0.29) is 55.6 Å². The second kappa shape index (κ2) is 8.90. The molecule has 7 nitrogen and oxygen atoms in total. The summed E-state index contributed by atoms with van der Waals surface area (Å²) in [6.45, 7) is 0.460. The lowest BCUT2D eigenvalue weighted by atomic mass is 10.1. The van der Waals surface area contributed by atoms with Gasteiger partial charge < -0.3 is 14.5 Å². The topological polar surface area (TPSA) is 84.0 Å². The summed E-state index contributed by atoms with van der Waals surface area (Å²) in [5.41, 5.74) is 0.796. The predicted molar refractivity (Wildman–Crippen MR) is 118 cm³/mol. The lowest BCUT2D eigenvalue weighted by Gasteiger charge is -2.24. The van der Waals surface area contributed by atoms with Crippen LogP contribution in [0.3, 0.4) is 0 Å². The fraction of sp³-hybridized carbons (Fsp3) is 0.391. The lowest BCUT2D eigenvalue weighted by Crippen LogP contribution is -2.39. The zero-order valence-corrected chi connectivity index (χ0v) is 18.6. The molecule has 0 radical (unpaired) electrons. The van der Waals surface area contributed by atoms with Gasteiger partial charge in [0.1, 0.15) is 11.6 Å². The van der Waals surface area contributed by atoms with Gasteiger partial charge in [0.15, 0.2) is 9.84 Å². The standard InChI is InChI=1S/C23H25FN2O5S/c1-31-18-6-4-5-17(14-18)26-15-16(13-22(26)27)23(28)25-10-9-21(32(29,30)12-11-25)19-7-2-3-8-20(19)24/h2-8,14,16,21H,9-13,15H2,1H3. The van der Waals surface area contributed by atoms with E-state index in [0.717, 1.165) is 0 Å². The molecule has 2 saturated heterocycles. The van der Waals surface area contributed by atoms with Crippen LogP contribution < -0.4 is 9.64 Å². The molecule has 2 fully saturated rings. The second-order valence-corrected chi connectivity index (χ2v) is 10.4. The van der Waals surface area contributed by atoms with E-state index < -0.39 is 26.8 Å². The summed E-state index contributed by atoms with van der Waals surface area (Å²) in [4.78, 5) is 28.8. The van der Waals surface area contributed by atoms with Crippen molar-refractivity contribution in [3.63, 3.8) is 0 Å². The van der Waals surface area contributed by atoms with Gasteiger partial charge in [-0.05, 0) is 24.6 Å². The molecule has 2 aromatic rings. The molecule has 0 aromatic heterocycles. The Morgan fingerprint density at radius 2 is 1.91 bits per heavy atom. The van der Waals surface area contributed by atoms with E-state index in [1.807, 2.05) is 0 Å². The second-order valence-electron chi connectivity index (χ2n) is 8.10. The monoisotopic (exact) mass is 460 g/mol. The van der Waals surface area contributed by atoms with E-state index in [9.17, 15) is 22.4 Å². The third kappa shape index (κ3) is 4.34. The molecule has 0 spiro atoms. The molecule has 0 bridgehead atoms. The van der Waals surface area contributed by atoms with Crippen LogP contribution in [0.2, 0.25) is 0 Å². The minimum Gasteiger partial charge on any atom is -0.497 e. The van der Waals surface area contributed by atoms with Crippen molar-refractivity contribution in [1.82, 2.24) is 4.90 Å². The van der Waals surface area contributed by atoms with Crippen LogP contribution in [0.1, 0.15) is 23.7 Å². The zero-order valence-electron chi connectivity index (χ0n) is 17.7. The molecule has 170 valence electrons. The third-order valence-electron chi connectivity index (χ3n) is 6.14. The largest absolute Gasteiger partial charge is 0.497 e. The van der Waals surface area contributed by atoms with Crippen LogP contribution >= 0.6 is 0 Å². The number of carbonyl (C=O) groups is 2. The van der Waals surface area contributed by atoms with E-state index in [4.69, 9.17) is 4.74 Å². The molecule has 2 heterocycles. The normalized spacial score (nSPS) is 23.1. The lowest BCUT2D eigenvalue weighted by molar-refractivity contribution is -0.135. The Morgan fingerprint density at radius 3 is 2.66 bits per heavy atom. The zero-order chi connectivity index (χ0) is 22.9. The van der Waals surface area contributed by atoms with Gasteiger partial charge in [-0.25, -0.2) is 12.8 Å². The Morgan fingerprint density at radius 1 is 1.12 bits per heavy atom. The summed E-state index contributed by atoms with van der Waals surface area (Å²) in [6.07, 6.45) is 0.186. The van der Waals surface area contributed by atoms with Gasteiger partial charge in [-0.15, -0.1) is 0 Å². The minimum absolute atomic E-state index is 0.0377. The Kier molecular flexibility index (Phi) is 6.19. The van der Waals surface area contributed by atoms with E-state index in [0.29, 0.717) is 11.4 Å². The quantitative estimate of drug-likeness (QED) is 0.700. The van der Waals surface area contributed by atoms with Crippen LogP contribution in [0, 0.1) is 11.7 Å². The Balaban J connectivity index is 1.48. The highest BCUT2D eigenvalue weighted by Crippen LogP contribution is 2.33. The van der Waals surface area contributed by atoms with Gasteiger partial charge in [0, 0.05) is 43.4 Å². The van der Waals surface area contributed by atoms with Crippen molar-refractivity contribution < 1.29 is 27.1 Å². The molecule has 2 atom stereocenters. The summed E-state index contributed by atoms with van der Waals surface area (Å²) in [5.74, 6) is -1.14. The Labute approximate surface area is 186 Å². The van der Waals surface area contributed by atoms with Crippen LogP contribution in [0.25, 0.3) is 0 Å². The first kappa shape index (κ1) is 22.3. The fourth-order valence-electron chi connectivity index (χ4n) is 4.41. The van der Waals surface area contributed by atoms with Crippen LogP contribution in [-0.2, 0) is 19.4 Å². The number of amides is 2. The van der Waals surface area contributed by atoms with Crippen LogP contribution in [0.5, 0.6) is 5.75 Å². The van der Waals surface area contributed by atoms with Gasteiger partial charge in [0.25, 0.3) is 0 Å². The molecule has 2 unspecified atom stereocenters. The number of hydrogen-bond acceptors (Lipinski definition) is 5. The molecule has 9 heteroatoms. The number of carbonyl (C=O) groups excluding carboxylic acids is 2. The molecule has 2 aliphatic rings. The van der Waals surface area contributed by atoms with Gasteiger partial charge in [-0.1, -0.05) is 24.3 Å². The summed E-state index contributed by atoms with van der Waals surface area (Å²) >= 11 is 0. The van der Waals surface area contributed by atoms with E-state index in [2.05, 4.69) is 0 Å². The maximum absolute atomic E-state index is 14.3. The first-order chi connectivity index (χ1) is 15.3. The molecule has 2 amide bonds. The van der Waals surface area contributed by atoms with Crippen LogP contribution in [0.4, 0.5) is 10.1 Å². The highest BCUT2D eigenvalue weighted by atomic mass is 32.2. The van der Waals surface area contributed by atoms with Crippen molar-refractivity contribution in [3.05, 3.63) is 59.9 Å². The molecule has 0 saturated carbocycles. The van der Waals surface area contributed by atoms with Crippen molar-refractivity contribution in [2.75, 3.05) is 37.4 Å². The number of hydrogen-bond donors (Lipinski definition) is 0. The van der Waals surface area contributed by atoms with Crippen LogP contribution in [0.15, 0.2) is 48.5 Å². The van der Waals surface area contributed by atoms with Crippen LogP contribution in [-0.4, -0.2) is 57.6 Å². The number of anilines is 1. The van der Waals surface area contributed by atoms with Crippen molar-refractivity contribution in [2.45, 2.75) is 18.1 Å². The molecule has 4 rings (SSSR count). The van der Waals surface area contributed by atoms with Gasteiger partial charge in [-0.2, -0.15) is 0 Å². The van der Waals surface area contributed by atoms with E-state index in [1.54, 1.807) is 42.3 Å². The SMILES string of the molecule is COc1cccc(N2CC(C(=O)N3CCC(c4ccccc4F)S(=O)(=O)CC3)CC2=O)c1. The number of rotatable bonds is 4. The fourth-order valence-corrected chi connectivity index (χ4v) is 6.21. The number of methoxy groups -OCH3 is 1. The van der Waals surface area contributed by atoms with Gasteiger partial charge in [0.05, 0.1) is 24.0 Å². The summed E-state index contributed by atoms with van der Waals surface area (Å²) in [7, 11) is -2.08. The smallest absolute Gasteiger partial charge is 0.228 e. The summed E-state index contributed by atoms with van der Waals surface area (Å²) in [6, 6.07) is 12.9. The molecule has 0 N–H and O–H groups in total. The van der Waals surface area contributed by atoms with Crippen molar-refractivity contribution in [1.29, 1.82) is 0 Å². The number of nitrogens with zero attached hydrogens (tertiary/aromatic N) is 2. The third-order valence-corrected chi connectivity index (χ3v) is 8.25. The van der Waals surface area contributed by atoms with E-state index >= 15 is 0 Å². The molecule has 2 aliphatic heterocycles. The highest BCUT2D eigenvalue weighted by molar-refractivity contribution is 7.91. The van der Waals surface area contributed by atoms with Gasteiger partial charge in [0.2, 0.25) is 11.8 Å². The summed E-state index contributed by atoms with van der Waals surface area (Å²) < 4.78 is 45.1. The molecule has 0 aliphatic carbocycles. The van der Waals surface area contributed by atoms with Crippen molar-refractivity contribution >= 4 is 27.3 Å². The molecular formula is C23H25FN2O5S. The average molecular weight is 461 g/mol. The Hall–Kier alpha value is -2.94. The summed E-state index contributed by atoms with van der Waals surface area (Å²) in [5, 5.41) is -0.986. The van der Waals surface area contributed by atoms with Gasteiger partial charge in [-0.3, -0.25) is 9.59 Å². The van der Waals surface area contributed by atoms with Crippen molar-refractivity contribution in [2.24, 2.45) is 5.92 Å². The number of sulfone groups is 1. The number of halogens is 1. The Bertz CT molecular complexity index is 1140. The van der Waals surface area contributed by atoms with Crippen molar-refractivity contribution in [3.8, 4) is 5.75 Å². The predicted octanol–water partition coefficient (Wildman–Crippen LogP) is 2.58. The number of benzene rings is 2. The average Bonchev–Trinajstić information content (AvgIpc) is 3.10. The van der Waals surface area contributed by atoms with Gasteiger partial charge >= 0.3 is 0 Å². The first-order valence-electron chi connectivity index (χ1n) is 10.5. The first-order valence-corrected chi connectivity index (χ1v) is 12.2. The maximum Gasteiger partial charge on any atom is 0.228 e. The molecular weight excluding hydrogens is 435 g/mol. The molecule has 32 heavy (non-hydrogen) atoms. The maximum atomic E-state index is 14.3. The minimum atomic E-state index is -3.62. The molecule has 2 aromatic carbocycles. The number of ether oxygens (including phenoxy) is 1. The highest BCUT2D eigenvalue weighted by Gasteiger charge is 2.40.